The number of anilines is 4. The number of aromatic nitrogens is 3. The number of hydrogen-bond donors (Lipinski definition) is 4. The first-order valence-electron chi connectivity index (χ1n) is 7.91. The highest BCUT2D eigenvalue weighted by Gasteiger charge is 2.03. The molecule has 2 aromatic heterocycles. The van der Waals surface area contributed by atoms with Gasteiger partial charge in [-0.3, -0.25) is 0 Å². The fourth-order valence-corrected chi connectivity index (χ4v) is 2.70. The summed E-state index contributed by atoms with van der Waals surface area (Å²) in [6, 6.07) is 16.9. The number of nitrogens with one attached hydrogen (secondary N) is 3. The van der Waals surface area contributed by atoms with Crippen LogP contribution in [0.2, 0.25) is 0 Å². The van der Waals surface area contributed by atoms with E-state index in [-0.39, 0.29) is 5.75 Å². The molecule has 6 heteroatoms. The predicted octanol–water partition coefficient (Wildman–Crippen LogP) is 4.46. The van der Waals surface area contributed by atoms with E-state index in [0.717, 1.165) is 28.0 Å². The molecule has 6 nitrogen and oxygen atoms in total. The Morgan fingerprint density at radius 3 is 2.72 bits per heavy atom. The second-order valence-electron chi connectivity index (χ2n) is 5.82. The van der Waals surface area contributed by atoms with Gasteiger partial charge in [0, 0.05) is 40.2 Å². The minimum absolute atomic E-state index is 0.189. The number of phenols is 1. The Balaban J connectivity index is 1.55. The monoisotopic (exact) mass is 331 g/mol. The molecule has 124 valence electrons. The number of benzene rings is 2. The molecular formula is C19H17N5O. The topological polar surface area (TPSA) is 85.9 Å². The molecule has 2 aromatic carbocycles. The summed E-state index contributed by atoms with van der Waals surface area (Å²) in [4.78, 5) is 12.0. The molecule has 0 radical (unpaired) electrons. The first-order chi connectivity index (χ1) is 12.2. The zero-order valence-electron chi connectivity index (χ0n) is 13.6. The van der Waals surface area contributed by atoms with Crippen LogP contribution in [0.15, 0.2) is 60.8 Å². The average Bonchev–Trinajstić information content (AvgIpc) is 2.94. The summed E-state index contributed by atoms with van der Waals surface area (Å²) in [5.74, 6) is 1.33. The molecule has 0 aliphatic carbocycles. The molecule has 0 unspecified atom stereocenters. The quantitative estimate of drug-likeness (QED) is 0.443. The molecule has 4 N–H and O–H groups in total. The van der Waals surface area contributed by atoms with Crippen LogP contribution in [-0.4, -0.2) is 20.1 Å². The molecule has 4 rings (SSSR count). The van der Waals surface area contributed by atoms with Crippen LogP contribution in [0, 0.1) is 6.92 Å². The maximum Gasteiger partial charge on any atom is 0.229 e. The fourth-order valence-electron chi connectivity index (χ4n) is 2.70. The number of H-pyrrole nitrogens is 1. The largest absolute Gasteiger partial charge is 0.508 e. The molecule has 0 aliphatic rings. The lowest BCUT2D eigenvalue weighted by atomic mass is 10.2. The number of aromatic hydroxyl groups is 1. The molecule has 0 aliphatic heterocycles. The highest BCUT2D eigenvalue weighted by Crippen LogP contribution is 2.23. The Kier molecular flexibility index (Phi) is 3.70. The third kappa shape index (κ3) is 3.37. The Labute approximate surface area is 144 Å². The standard InChI is InChI=1S/C19H17N5O/c1-12-9-13-10-15(5-6-17(13)21-12)22-18-7-8-20-19(24-18)23-14-3-2-4-16(25)11-14/h2-11,21,25H,1H3,(H2,20,22,23,24). The van der Waals surface area contributed by atoms with E-state index in [0.29, 0.717) is 11.8 Å². The van der Waals surface area contributed by atoms with Crippen LogP contribution in [0.4, 0.5) is 23.1 Å². The lowest BCUT2D eigenvalue weighted by Gasteiger charge is -2.09. The second kappa shape index (κ2) is 6.16. The van der Waals surface area contributed by atoms with Crippen LogP contribution in [0.1, 0.15) is 5.69 Å². The van der Waals surface area contributed by atoms with Crippen molar-refractivity contribution in [3.8, 4) is 5.75 Å². The summed E-state index contributed by atoms with van der Waals surface area (Å²) in [5, 5.41) is 17.0. The zero-order chi connectivity index (χ0) is 17.2. The normalized spacial score (nSPS) is 10.8. The van der Waals surface area contributed by atoms with Gasteiger partial charge in [-0.2, -0.15) is 4.98 Å². The van der Waals surface area contributed by atoms with E-state index in [2.05, 4.69) is 37.7 Å². The summed E-state index contributed by atoms with van der Waals surface area (Å²) < 4.78 is 0. The average molecular weight is 331 g/mol. The van der Waals surface area contributed by atoms with Crippen molar-refractivity contribution in [3.63, 3.8) is 0 Å². The van der Waals surface area contributed by atoms with E-state index in [1.54, 1.807) is 30.5 Å². The number of rotatable bonds is 4. The van der Waals surface area contributed by atoms with E-state index >= 15 is 0 Å². The Morgan fingerprint density at radius 1 is 0.960 bits per heavy atom. The molecule has 0 saturated carbocycles. The molecule has 0 amide bonds. The van der Waals surface area contributed by atoms with Gasteiger partial charge < -0.3 is 20.7 Å². The van der Waals surface area contributed by atoms with E-state index in [9.17, 15) is 5.11 Å². The highest BCUT2D eigenvalue weighted by molar-refractivity contribution is 5.84. The van der Waals surface area contributed by atoms with Gasteiger partial charge in [-0.1, -0.05) is 6.07 Å². The van der Waals surface area contributed by atoms with Gasteiger partial charge in [-0.05, 0) is 49.4 Å². The lowest BCUT2D eigenvalue weighted by molar-refractivity contribution is 0.475. The molecule has 0 saturated heterocycles. The molecule has 0 spiro atoms. The van der Waals surface area contributed by atoms with E-state index < -0.39 is 0 Å². The molecule has 0 fully saturated rings. The van der Waals surface area contributed by atoms with Gasteiger partial charge in [0.25, 0.3) is 0 Å². The first-order valence-corrected chi connectivity index (χ1v) is 7.91. The third-order valence-corrected chi connectivity index (χ3v) is 3.79. The van der Waals surface area contributed by atoms with E-state index in [1.807, 2.05) is 25.1 Å². The number of aryl methyl sites for hydroxylation is 1. The van der Waals surface area contributed by atoms with Crippen molar-refractivity contribution < 1.29 is 5.11 Å². The van der Waals surface area contributed by atoms with Crippen molar-refractivity contribution in [1.82, 2.24) is 15.0 Å². The Bertz CT molecular complexity index is 1040. The number of phenolic OH excluding ortho intramolecular Hbond substituents is 1. The number of fused-ring (bicyclic) bond motifs is 1. The number of nitrogens with zero attached hydrogens (tertiary/aromatic N) is 2. The van der Waals surface area contributed by atoms with Gasteiger partial charge in [-0.25, -0.2) is 4.98 Å². The van der Waals surface area contributed by atoms with Crippen LogP contribution < -0.4 is 10.6 Å². The smallest absolute Gasteiger partial charge is 0.229 e. The number of aromatic amines is 1. The number of hydrogen-bond acceptors (Lipinski definition) is 5. The van der Waals surface area contributed by atoms with Gasteiger partial charge >= 0.3 is 0 Å². The van der Waals surface area contributed by atoms with Gasteiger partial charge in [0.05, 0.1) is 0 Å². The maximum atomic E-state index is 9.53. The summed E-state index contributed by atoms with van der Waals surface area (Å²) in [6.45, 7) is 2.04. The molecule has 4 aromatic rings. The molecule has 0 atom stereocenters. The molecule has 25 heavy (non-hydrogen) atoms. The van der Waals surface area contributed by atoms with Crippen LogP contribution in [0.25, 0.3) is 10.9 Å². The summed E-state index contributed by atoms with van der Waals surface area (Å²) in [6.07, 6.45) is 1.68. The molecule has 0 bridgehead atoms. The van der Waals surface area contributed by atoms with E-state index in [1.165, 1.54) is 0 Å². The second-order valence-corrected chi connectivity index (χ2v) is 5.82. The fraction of sp³-hybridized carbons (Fsp3) is 0.0526. The van der Waals surface area contributed by atoms with Gasteiger partial charge in [0.15, 0.2) is 0 Å². The summed E-state index contributed by atoms with van der Waals surface area (Å²) in [7, 11) is 0. The first kappa shape index (κ1) is 15.0. The Hall–Kier alpha value is -3.54. The highest BCUT2D eigenvalue weighted by atomic mass is 16.3. The van der Waals surface area contributed by atoms with Crippen LogP contribution in [0.3, 0.4) is 0 Å². The van der Waals surface area contributed by atoms with Gasteiger partial charge in [0.2, 0.25) is 5.95 Å². The van der Waals surface area contributed by atoms with Crippen LogP contribution in [-0.2, 0) is 0 Å². The Morgan fingerprint density at radius 2 is 1.84 bits per heavy atom. The van der Waals surface area contributed by atoms with Crippen molar-refractivity contribution >= 4 is 34.0 Å². The SMILES string of the molecule is Cc1cc2cc(Nc3ccnc(Nc4cccc(O)c4)n3)ccc2[nH]1. The van der Waals surface area contributed by atoms with Crippen molar-refractivity contribution in [2.45, 2.75) is 6.92 Å². The predicted molar refractivity (Wildman–Crippen MR) is 99.7 cm³/mol. The van der Waals surface area contributed by atoms with Crippen LogP contribution in [0.5, 0.6) is 5.75 Å². The zero-order valence-corrected chi connectivity index (χ0v) is 13.6. The molecular weight excluding hydrogens is 314 g/mol. The van der Waals surface area contributed by atoms with E-state index in [4.69, 9.17) is 0 Å². The van der Waals surface area contributed by atoms with Crippen molar-refractivity contribution in [2.24, 2.45) is 0 Å². The van der Waals surface area contributed by atoms with Gasteiger partial charge in [0.1, 0.15) is 11.6 Å². The van der Waals surface area contributed by atoms with Crippen molar-refractivity contribution in [1.29, 1.82) is 0 Å². The van der Waals surface area contributed by atoms with Gasteiger partial charge in [-0.15, -0.1) is 0 Å². The minimum atomic E-state index is 0.189. The third-order valence-electron chi connectivity index (χ3n) is 3.79. The lowest BCUT2D eigenvalue weighted by Crippen LogP contribution is -2.00. The summed E-state index contributed by atoms with van der Waals surface area (Å²) >= 11 is 0. The van der Waals surface area contributed by atoms with Crippen molar-refractivity contribution in [3.05, 3.63) is 66.5 Å². The maximum absolute atomic E-state index is 9.53. The van der Waals surface area contributed by atoms with Crippen LogP contribution >= 0.6 is 0 Å². The molecule has 2 heterocycles. The summed E-state index contributed by atoms with van der Waals surface area (Å²) in [5.41, 5.74) is 3.92. The minimum Gasteiger partial charge on any atom is -0.508 e. The van der Waals surface area contributed by atoms with Crippen molar-refractivity contribution in [2.75, 3.05) is 10.6 Å².